The molecule has 6 atom stereocenters. The van der Waals surface area contributed by atoms with E-state index in [1.165, 1.54) is 78.2 Å². The van der Waals surface area contributed by atoms with Crippen LogP contribution in [0, 0.1) is 11.3 Å². The van der Waals surface area contributed by atoms with E-state index in [2.05, 4.69) is 219 Å². The van der Waals surface area contributed by atoms with Gasteiger partial charge >= 0.3 is 0 Å². The van der Waals surface area contributed by atoms with E-state index in [0.717, 1.165) is 18.5 Å². The fraction of sp³-hybridized carbons (Fsp3) is 0.172. The van der Waals surface area contributed by atoms with Crippen LogP contribution < -0.4 is 4.90 Å². The van der Waals surface area contributed by atoms with E-state index in [0.29, 0.717) is 0 Å². The lowest BCUT2D eigenvalue weighted by atomic mass is 9.55. The molecule has 6 aromatic carbocycles. The Morgan fingerprint density at radius 3 is 2.03 bits per heavy atom. The summed E-state index contributed by atoms with van der Waals surface area (Å²) in [5.41, 5.74) is 19.8. The minimum atomic E-state index is -0.328. The zero-order chi connectivity index (χ0) is 39.1. The van der Waals surface area contributed by atoms with Crippen molar-refractivity contribution < 1.29 is 0 Å². The summed E-state index contributed by atoms with van der Waals surface area (Å²) in [6.07, 6.45) is 26.2. The van der Waals surface area contributed by atoms with Crippen molar-refractivity contribution in [3.63, 3.8) is 0 Å². The molecule has 13 rings (SSSR count). The molecule has 2 spiro atoms. The number of hydrogen-bond donors (Lipinski definition) is 0. The number of allylic oxidation sites excluding steroid dienone is 12. The predicted octanol–water partition coefficient (Wildman–Crippen LogP) is 14.1. The normalized spacial score (nSPS) is 28.9. The molecule has 0 heterocycles. The van der Waals surface area contributed by atoms with Crippen molar-refractivity contribution in [3.8, 4) is 11.1 Å². The molecule has 6 aromatic rings. The Bertz CT molecular complexity index is 3010. The SMILES string of the molecule is CC12C=CC=CC1[C@]1(c3ccccc3-c3ccc(N(c4ccccc4)c4ccc5c(c4)C4(C6=C(CCC=C6)c6ccccc64)C4(C)C=CC=CC54)cc31)c1ccccc12. The lowest BCUT2D eigenvalue weighted by Crippen LogP contribution is -2.42. The van der Waals surface area contributed by atoms with Crippen molar-refractivity contribution in [1.29, 1.82) is 0 Å². The molecule has 1 nitrogen and oxygen atoms in total. The van der Waals surface area contributed by atoms with Gasteiger partial charge in [-0.15, -0.1) is 0 Å². The molecule has 5 unspecified atom stereocenters. The minimum absolute atomic E-state index is 0.127. The quantitative estimate of drug-likeness (QED) is 0.174. The van der Waals surface area contributed by atoms with Gasteiger partial charge < -0.3 is 4.90 Å². The Labute approximate surface area is 347 Å². The number of nitrogens with zero attached hydrogens (tertiary/aromatic N) is 1. The van der Waals surface area contributed by atoms with Gasteiger partial charge in [0.25, 0.3) is 0 Å². The van der Waals surface area contributed by atoms with E-state index in [9.17, 15) is 0 Å². The number of rotatable bonds is 3. The first-order valence-corrected chi connectivity index (χ1v) is 21.6. The van der Waals surface area contributed by atoms with Gasteiger partial charge in [-0.3, -0.25) is 0 Å². The van der Waals surface area contributed by atoms with Crippen LogP contribution in [0.4, 0.5) is 17.1 Å². The fourth-order valence-corrected chi connectivity index (χ4v) is 13.6. The number of para-hydroxylation sites is 1. The van der Waals surface area contributed by atoms with E-state index in [1.54, 1.807) is 0 Å². The Balaban J connectivity index is 1.07. The second kappa shape index (κ2) is 11.6. The summed E-state index contributed by atoms with van der Waals surface area (Å²) >= 11 is 0. The lowest BCUT2D eigenvalue weighted by molar-refractivity contribution is 0.291. The standard InChI is InChI=1S/C58H45N/c1-55-34-16-15-29-54(55)57(51-28-13-12-27-50(51)55)47-24-9-6-20-41(47)44-32-30-39(36-52(44)57)59(38-18-4-3-5-19-38)40-31-33-45-46-23-14-17-35-56(46,2)58(53(45)37-40)48-25-10-7-21-42(48)43-22-8-11-26-49(43)58/h3-7,9-21,23-37,46,54H,8,22H2,1-2H3/t46?,54?,55?,56?,57-,58?/m1/s1. The molecule has 0 fully saturated rings. The lowest BCUT2D eigenvalue weighted by Gasteiger charge is -2.46. The third kappa shape index (κ3) is 3.88. The summed E-state index contributed by atoms with van der Waals surface area (Å²) < 4.78 is 0. The van der Waals surface area contributed by atoms with Gasteiger partial charge in [0.2, 0.25) is 0 Å². The molecule has 0 saturated heterocycles. The van der Waals surface area contributed by atoms with Crippen LogP contribution in [0.5, 0.6) is 0 Å². The number of fused-ring (bicyclic) bond motifs is 19. The summed E-state index contributed by atoms with van der Waals surface area (Å²) in [4.78, 5) is 2.53. The van der Waals surface area contributed by atoms with Crippen molar-refractivity contribution in [2.45, 2.75) is 48.9 Å². The summed E-state index contributed by atoms with van der Waals surface area (Å²) in [7, 11) is 0. The molecule has 7 aliphatic carbocycles. The van der Waals surface area contributed by atoms with Crippen LogP contribution in [0.25, 0.3) is 16.7 Å². The van der Waals surface area contributed by atoms with E-state index in [-0.39, 0.29) is 33.5 Å². The summed E-state index contributed by atoms with van der Waals surface area (Å²) in [6.45, 7) is 4.99. The summed E-state index contributed by atoms with van der Waals surface area (Å²) in [5, 5.41) is 0. The van der Waals surface area contributed by atoms with Crippen molar-refractivity contribution in [3.05, 3.63) is 250 Å². The van der Waals surface area contributed by atoms with Crippen molar-refractivity contribution in [1.82, 2.24) is 0 Å². The maximum Gasteiger partial charge on any atom is 0.0560 e. The molecule has 282 valence electrons. The molecule has 0 bridgehead atoms. The molecule has 0 amide bonds. The van der Waals surface area contributed by atoms with Crippen LogP contribution >= 0.6 is 0 Å². The highest BCUT2D eigenvalue weighted by molar-refractivity contribution is 5.92. The third-order valence-corrected chi connectivity index (χ3v) is 15.8. The highest BCUT2D eigenvalue weighted by atomic mass is 15.1. The molecule has 59 heavy (non-hydrogen) atoms. The van der Waals surface area contributed by atoms with Gasteiger partial charge in [-0.1, -0.05) is 178 Å². The van der Waals surface area contributed by atoms with Gasteiger partial charge in [0, 0.05) is 39.7 Å². The average Bonchev–Trinajstić information content (AvgIpc) is 3.92. The largest absolute Gasteiger partial charge is 0.310 e. The Morgan fingerprint density at radius 1 is 0.525 bits per heavy atom. The molecule has 1 heteroatoms. The molecule has 0 aliphatic heterocycles. The van der Waals surface area contributed by atoms with Crippen molar-refractivity contribution in [2.24, 2.45) is 11.3 Å². The number of hydrogen-bond acceptors (Lipinski definition) is 1. The zero-order valence-electron chi connectivity index (χ0n) is 33.6. The van der Waals surface area contributed by atoms with Crippen LogP contribution in [-0.2, 0) is 16.2 Å². The van der Waals surface area contributed by atoms with Crippen LogP contribution in [0.15, 0.2) is 206 Å². The summed E-state index contributed by atoms with van der Waals surface area (Å²) in [6, 6.07) is 53.7. The monoisotopic (exact) mass is 755 g/mol. The van der Waals surface area contributed by atoms with Crippen LogP contribution in [0.1, 0.15) is 77.1 Å². The molecule has 0 aromatic heterocycles. The highest BCUT2D eigenvalue weighted by Gasteiger charge is 2.64. The summed E-state index contributed by atoms with van der Waals surface area (Å²) in [5.74, 6) is 0.503. The number of benzene rings is 6. The Kier molecular flexibility index (Phi) is 6.60. The second-order valence-corrected chi connectivity index (χ2v) is 18.2. The van der Waals surface area contributed by atoms with Gasteiger partial charge in [-0.05, 0) is 116 Å². The average molecular weight is 756 g/mol. The van der Waals surface area contributed by atoms with E-state index >= 15 is 0 Å². The maximum absolute atomic E-state index is 2.58. The molecule has 0 saturated carbocycles. The smallest absolute Gasteiger partial charge is 0.0560 e. The van der Waals surface area contributed by atoms with Gasteiger partial charge in [-0.25, -0.2) is 0 Å². The van der Waals surface area contributed by atoms with E-state index < -0.39 is 0 Å². The van der Waals surface area contributed by atoms with Gasteiger partial charge in [0.05, 0.1) is 10.8 Å². The molecular weight excluding hydrogens is 711 g/mol. The Hall–Kier alpha value is -6.44. The van der Waals surface area contributed by atoms with E-state index in [4.69, 9.17) is 0 Å². The first kappa shape index (κ1) is 33.5. The molecule has 7 aliphatic rings. The topological polar surface area (TPSA) is 3.24 Å². The van der Waals surface area contributed by atoms with E-state index in [1.807, 2.05) is 0 Å². The Morgan fingerprint density at radius 2 is 1.19 bits per heavy atom. The van der Waals surface area contributed by atoms with Crippen LogP contribution in [-0.4, -0.2) is 0 Å². The van der Waals surface area contributed by atoms with Crippen molar-refractivity contribution in [2.75, 3.05) is 4.90 Å². The van der Waals surface area contributed by atoms with Gasteiger partial charge in [0.1, 0.15) is 0 Å². The predicted molar refractivity (Wildman–Crippen MR) is 244 cm³/mol. The molecular formula is C58H45N. The fourth-order valence-electron chi connectivity index (χ4n) is 13.6. The zero-order valence-corrected chi connectivity index (χ0v) is 33.6. The minimum Gasteiger partial charge on any atom is -0.310 e. The first-order chi connectivity index (χ1) is 29.0. The van der Waals surface area contributed by atoms with Crippen LogP contribution in [0.3, 0.4) is 0 Å². The molecule has 0 radical (unpaired) electrons. The first-order valence-electron chi connectivity index (χ1n) is 21.6. The highest BCUT2D eigenvalue weighted by Crippen LogP contribution is 2.72. The van der Waals surface area contributed by atoms with Crippen molar-refractivity contribution >= 4 is 22.6 Å². The second-order valence-electron chi connectivity index (χ2n) is 18.2. The van der Waals surface area contributed by atoms with Gasteiger partial charge in [0.15, 0.2) is 0 Å². The van der Waals surface area contributed by atoms with Crippen LogP contribution in [0.2, 0.25) is 0 Å². The van der Waals surface area contributed by atoms with Gasteiger partial charge in [-0.2, -0.15) is 0 Å². The third-order valence-electron chi connectivity index (χ3n) is 15.8. The maximum atomic E-state index is 2.58. The number of anilines is 3. The molecule has 0 N–H and O–H groups in total.